The highest BCUT2D eigenvalue weighted by Crippen LogP contribution is 2.55. The molecule has 0 spiro atoms. The summed E-state index contributed by atoms with van der Waals surface area (Å²) in [6.45, 7) is 11.9. The second-order valence-electron chi connectivity index (χ2n) is 17.7. The molecule has 14 nitrogen and oxygen atoms in total. The SMILES string of the molecule is CO[C@@H](C)COc1nc(N2CC3NCC32)c2cc(C3CC3)c(-c3c(Cl)c(Cl)cc4[nH]ncc34)c(OCc3ccc(C4CN(C(C(=O)N5CCCC5C)C(C)C)N=N4)cc3)c2n1. The number of halogens is 2. The van der Waals surface area contributed by atoms with E-state index in [4.69, 9.17) is 47.4 Å². The number of fused-ring (bicyclic) bond motifs is 3. The highest BCUT2D eigenvalue weighted by molar-refractivity contribution is 6.45. The van der Waals surface area contributed by atoms with Crippen LogP contribution in [0.2, 0.25) is 10.0 Å². The Labute approximate surface area is 365 Å². The predicted octanol–water partition coefficient (Wildman–Crippen LogP) is 8.27. The highest BCUT2D eigenvalue weighted by Gasteiger charge is 2.47. The number of H-pyrrole nitrogens is 1. The lowest BCUT2D eigenvalue weighted by Gasteiger charge is -2.56. The van der Waals surface area contributed by atoms with Crippen LogP contribution in [0.15, 0.2) is 52.9 Å². The molecule has 3 aromatic carbocycles. The molecular formula is C45H52Cl2N10O4. The van der Waals surface area contributed by atoms with Gasteiger partial charge in [-0.25, -0.2) is 0 Å². The number of hydrogen-bond donors (Lipinski definition) is 2. The number of nitrogens with zero attached hydrogens (tertiary/aromatic N) is 8. The summed E-state index contributed by atoms with van der Waals surface area (Å²) >= 11 is 14.1. The zero-order valence-corrected chi connectivity index (χ0v) is 36.7. The van der Waals surface area contributed by atoms with Gasteiger partial charge in [-0.1, -0.05) is 66.5 Å². The van der Waals surface area contributed by atoms with Crippen LogP contribution in [0.1, 0.15) is 82.0 Å². The van der Waals surface area contributed by atoms with E-state index >= 15 is 0 Å². The molecule has 5 unspecified atom stereocenters. The summed E-state index contributed by atoms with van der Waals surface area (Å²) in [6, 6.07) is 13.1. The summed E-state index contributed by atoms with van der Waals surface area (Å²) in [5, 5.41) is 24.7. The van der Waals surface area contributed by atoms with Crippen molar-refractivity contribution in [2.24, 2.45) is 16.3 Å². The summed E-state index contributed by atoms with van der Waals surface area (Å²) in [5.41, 5.74) is 6.11. The number of benzene rings is 3. The van der Waals surface area contributed by atoms with Gasteiger partial charge in [0.15, 0.2) is 5.75 Å². The molecule has 2 aromatic heterocycles. The van der Waals surface area contributed by atoms with Crippen molar-refractivity contribution >= 4 is 56.7 Å². The Morgan fingerprint density at radius 2 is 1.82 bits per heavy atom. The fourth-order valence-electron chi connectivity index (χ4n) is 9.41. The van der Waals surface area contributed by atoms with Crippen molar-refractivity contribution in [3.63, 3.8) is 0 Å². The van der Waals surface area contributed by atoms with Crippen molar-refractivity contribution in [1.29, 1.82) is 0 Å². The van der Waals surface area contributed by atoms with Crippen molar-refractivity contribution in [2.45, 2.75) is 102 Å². The van der Waals surface area contributed by atoms with Gasteiger partial charge < -0.3 is 29.3 Å². The Morgan fingerprint density at radius 1 is 1.00 bits per heavy atom. The third kappa shape index (κ3) is 7.32. The molecule has 4 aliphatic heterocycles. The number of carbonyl (C=O) groups is 1. The first-order valence-electron chi connectivity index (χ1n) is 21.6. The molecule has 10 rings (SSSR count). The average molecular weight is 868 g/mol. The lowest BCUT2D eigenvalue weighted by molar-refractivity contribution is -0.139. The first-order valence-corrected chi connectivity index (χ1v) is 22.4. The lowest BCUT2D eigenvalue weighted by atomic mass is 9.87. The fraction of sp³-hybridized carbons (Fsp3) is 0.511. The number of ether oxygens (including phenoxy) is 3. The van der Waals surface area contributed by atoms with Gasteiger partial charge in [0.25, 0.3) is 0 Å². The van der Waals surface area contributed by atoms with Gasteiger partial charge in [0.1, 0.15) is 36.6 Å². The molecule has 5 aliphatic rings. The second kappa shape index (κ2) is 16.2. The number of likely N-dealkylation sites (tertiary alicyclic amines) is 1. The molecule has 1 saturated carbocycles. The molecule has 5 aromatic rings. The standard InChI is InChI=1S/C45H52Cl2N10O4/c1-23(2)41(44(58)55-14-6-7-24(55)3)57-20-34(53-54-57)28-10-8-26(9-11-28)22-60-42-38(37-31-17-49-52-33(31)16-32(46)39(37)47)29(27-12-13-27)15-30-40(42)50-45(61-21-25(4)59-5)51-43(30)56-19-35-36(56)18-48-35/h8-11,15-17,23-25,27,34-36,41,48H,6-7,12-14,18-22H2,1-5H3,(H,49,52)/t24?,25-,34?,35?,36?,41?/m0/s1. The van der Waals surface area contributed by atoms with Crippen molar-refractivity contribution in [1.82, 2.24) is 35.4 Å². The monoisotopic (exact) mass is 866 g/mol. The zero-order valence-electron chi connectivity index (χ0n) is 35.2. The number of rotatable bonds is 14. The number of piperazine rings is 1. The topological polar surface area (TPSA) is 146 Å². The van der Waals surface area contributed by atoms with Crippen LogP contribution in [0, 0.1) is 5.92 Å². The molecule has 320 valence electrons. The van der Waals surface area contributed by atoms with E-state index in [0.717, 1.165) is 95.2 Å². The summed E-state index contributed by atoms with van der Waals surface area (Å²) in [5.74, 6) is 1.95. The van der Waals surface area contributed by atoms with Gasteiger partial charge in [-0.3, -0.25) is 14.9 Å². The maximum Gasteiger partial charge on any atom is 0.319 e. The Balaban J connectivity index is 1.01. The molecule has 6 atom stereocenters. The molecule has 2 N–H and O–H groups in total. The van der Waals surface area contributed by atoms with Gasteiger partial charge in [-0.05, 0) is 80.2 Å². The minimum atomic E-state index is -0.347. The van der Waals surface area contributed by atoms with Gasteiger partial charge in [0.2, 0.25) is 5.91 Å². The van der Waals surface area contributed by atoms with E-state index in [0.29, 0.717) is 45.9 Å². The van der Waals surface area contributed by atoms with E-state index in [1.165, 1.54) is 0 Å². The van der Waals surface area contributed by atoms with E-state index in [-0.39, 0.29) is 55.3 Å². The van der Waals surface area contributed by atoms with Gasteiger partial charge in [-0.2, -0.15) is 20.2 Å². The summed E-state index contributed by atoms with van der Waals surface area (Å²) in [7, 11) is 1.66. The summed E-state index contributed by atoms with van der Waals surface area (Å²) in [6.07, 6.45) is 5.79. The van der Waals surface area contributed by atoms with Crippen LogP contribution in [0.5, 0.6) is 11.8 Å². The van der Waals surface area contributed by atoms with E-state index in [2.05, 4.69) is 81.9 Å². The number of methoxy groups -OCH3 is 1. The van der Waals surface area contributed by atoms with Gasteiger partial charge in [0, 0.05) is 60.7 Å². The third-order valence-electron chi connectivity index (χ3n) is 13.3. The normalized spacial score (nSPS) is 23.1. The van der Waals surface area contributed by atoms with E-state index in [1.54, 1.807) is 13.3 Å². The summed E-state index contributed by atoms with van der Waals surface area (Å²) in [4.78, 5) is 28.3. The van der Waals surface area contributed by atoms with Gasteiger partial charge in [-0.15, -0.1) is 0 Å². The molecular weight excluding hydrogens is 815 g/mol. The third-order valence-corrected chi connectivity index (χ3v) is 14.1. The van der Waals surface area contributed by atoms with Crippen LogP contribution in [-0.4, -0.2) is 106 Å². The molecule has 1 aliphatic carbocycles. The van der Waals surface area contributed by atoms with Crippen LogP contribution < -0.4 is 19.7 Å². The van der Waals surface area contributed by atoms with Crippen LogP contribution in [0.25, 0.3) is 32.9 Å². The number of carbonyl (C=O) groups excluding carboxylic acids is 1. The molecule has 0 radical (unpaired) electrons. The molecule has 16 heteroatoms. The smallest absolute Gasteiger partial charge is 0.319 e. The van der Waals surface area contributed by atoms with Gasteiger partial charge in [0.05, 0.1) is 40.4 Å². The number of hydrogen-bond acceptors (Lipinski definition) is 12. The Bertz CT molecular complexity index is 2510. The zero-order chi connectivity index (χ0) is 42.1. The van der Waals surface area contributed by atoms with Crippen molar-refractivity contribution in [3.05, 3.63) is 69.3 Å². The van der Waals surface area contributed by atoms with Crippen molar-refractivity contribution in [3.8, 4) is 22.9 Å². The highest BCUT2D eigenvalue weighted by atomic mass is 35.5. The van der Waals surface area contributed by atoms with Crippen molar-refractivity contribution in [2.75, 3.05) is 44.8 Å². The lowest BCUT2D eigenvalue weighted by Crippen LogP contribution is -2.78. The Kier molecular flexibility index (Phi) is 10.7. The fourth-order valence-corrected chi connectivity index (χ4v) is 9.87. The van der Waals surface area contributed by atoms with Crippen LogP contribution in [0.4, 0.5) is 5.82 Å². The quantitative estimate of drug-likeness (QED) is 0.112. The maximum absolute atomic E-state index is 13.7. The number of anilines is 1. The maximum atomic E-state index is 13.7. The average Bonchev–Trinajstić information content (AvgIpc) is 3.54. The van der Waals surface area contributed by atoms with Crippen LogP contribution >= 0.6 is 23.2 Å². The minimum absolute atomic E-state index is 0.0965. The van der Waals surface area contributed by atoms with Crippen LogP contribution in [-0.2, 0) is 16.1 Å². The molecule has 0 bridgehead atoms. The number of aromatic amines is 1. The summed E-state index contributed by atoms with van der Waals surface area (Å²) < 4.78 is 18.8. The second-order valence-corrected chi connectivity index (χ2v) is 18.5. The molecule has 4 fully saturated rings. The van der Waals surface area contributed by atoms with E-state index in [9.17, 15) is 4.79 Å². The van der Waals surface area contributed by atoms with Crippen molar-refractivity contribution < 1.29 is 19.0 Å². The first kappa shape index (κ1) is 40.3. The van der Waals surface area contributed by atoms with Crippen LogP contribution in [0.3, 0.4) is 0 Å². The van der Waals surface area contributed by atoms with E-state index in [1.807, 2.05) is 22.9 Å². The number of amides is 1. The molecule has 6 heterocycles. The number of aromatic nitrogens is 4. The molecule has 1 amide bonds. The van der Waals surface area contributed by atoms with E-state index < -0.39 is 0 Å². The van der Waals surface area contributed by atoms with Gasteiger partial charge >= 0.3 is 6.01 Å². The molecule has 61 heavy (non-hydrogen) atoms. The number of nitrogens with one attached hydrogen (secondary N) is 2. The Hall–Kier alpha value is -4.76. The largest absolute Gasteiger partial charge is 0.486 e. The predicted molar refractivity (Wildman–Crippen MR) is 236 cm³/mol. The molecule has 3 saturated heterocycles. The Morgan fingerprint density at radius 3 is 2.49 bits per heavy atom. The first-order chi connectivity index (χ1) is 29.6. The minimum Gasteiger partial charge on any atom is -0.486 e.